The van der Waals surface area contributed by atoms with E-state index in [4.69, 9.17) is 4.84 Å². The first kappa shape index (κ1) is 32.5. The molecule has 0 aliphatic carbocycles. The molecular weight excluding hydrogens is 590 g/mol. The fourth-order valence-corrected chi connectivity index (χ4v) is 6.39. The number of carbonyl (C=O) groups is 5. The number of rotatable bonds is 11. The Labute approximate surface area is 267 Å². The van der Waals surface area contributed by atoms with E-state index in [0.717, 1.165) is 22.0 Å². The van der Waals surface area contributed by atoms with E-state index < -0.39 is 47.9 Å². The van der Waals surface area contributed by atoms with Crippen molar-refractivity contribution in [1.82, 2.24) is 25.6 Å². The van der Waals surface area contributed by atoms with Crippen molar-refractivity contribution in [3.63, 3.8) is 0 Å². The van der Waals surface area contributed by atoms with Crippen LogP contribution in [0.5, 0.6) is 0 Å². The van der Waals surface area contributed by atoms with E-state index in [-0.39, 0.29) is 31.6 Å². The number of aromatic nitrogens is 1. The number of benzene rings is 2. The van der Waals surface area contributed by atoms with E-state index in [1.807, 2.05) is 54.6 Å². The van der Waals surface area contributed by atoms with Gasteiger partial charge in [-0.25, -0.2) is 0 Å². The normalized spacial score (nSPS) is 22.3. The van der Waals surface area contributed by atoms with Gasteiger partial charge in [0.2, 0.25) is 23.6 Å². The lowest BCUT2D eigenvalue weighted by molar-refractivity contribution is -0.305. The Morgan fingerprint density at radius 1 is 0.848 bits per heavy atom. The van der Waals surface area contributed by atoms with E-state index in [0.29, 0.717) is 38.6 Å². The molecule has 2 aliphatic rings. The lowest BCUT2D eigenvalue weighted by atomic mass is 9.99. The van der Waals surface area contributed by atoms with Crippen molar-refractivity contribution in [3.05, 3.63) is 71.9 Å². The van der Waals surface area contributed by atoms with Crippen LogP contribution in [0.15, 0.2) is 60.8 Å². The Morgan fingerprint density at radius 3 is 2.30 bits per heavy atom. The van der Waals surface area contributed by atoms with Gasteiger partial charge < -0.3 is 35.6 Å². The zero-order valence-electron chi connectivity index (χ0n) is 25.9. The number of para-hydroxylation sites is 1. The summed E-state index contributed by atoms with van der Waals surface area (Å²) >= 11 is 0. The van der Waals surface area contributed by atoms with Gasteiger partial charge in [0.05, 0.1) is 5.52 Å². The van der Waals surface area contributed by atoms with Crippen molar-refractivity contribution in [2.24, 2.45) is 0 Å². The molecule has 12 nitrogen and oxygen atoms in total. The molecule has 244 valence electrons. The van der Waals surface area contributed by atoms with Crippen LogP contribution < -0.4 is 25.9 Å². The number of carbonyl (C=O) groups excluding carboxylic acids is 5. The standard InChI is InChI=1S/C34H41N5O7/c1-46-39-21-23(24-13-8-9-15-28(24)39)20-26-32(43)37-27(19-22-11-4-2-5-12-22)34(45)38-18-10-16-29(38)33(44)35-25(31(42)36-26)14-6-3-7-17-30(40)41/h2,4-5,8-9,11-13,15,21,25-27,29H,3,6-7,10,14,16-20H2,1H3,(H,35,44)(H,36,42)(H,37,43)(H,40,41)/p-1/t25-,26-,27-,29+/m0/s1. The number of hydrogen-bond donors (Lipinski definition) is 3. The van der Waals surface area contributed by atoms with Crippen molar-refractivity contribution in [2.45, 2.75) is 82.0 Å². The first-order valence-corrected chi connectivity index (χ1v) is 15.8. The molecule has 2 fully saturated rings. The highest BCUT2D eigenvalue weighted by Crippen LogP contribution is 2.24. The van der Waals surface area contributed by atoms with Gasteiger partial charge in [-0.2, -0.15) is 4.73 Å². The monoisotopic (exact) mass is 630 g/mol. The zero-order chi connectivity index (χ0) is 32.6. The fraction of sp³-hybridized carbons (Fsp3) is 0.441. The summed E-state index contributed by atoms with van der Waals surface area (Å²) in [5, 5.41) is 20.3. The number of carboxylic acid groups (broad SMARTS) is 1. The first-order chi connectivity index (χ1) is 22.2. The maximum Gasteiger partial charge on any atom is 0.246 e. The molecule has 12 heteroatoms. The third-order valence-electron chi connectivity index (χ3n) is 8.76. The predicted molar refractivity (Wildman–Crippen MR) is 167 cm³/mol. The fourth-order valence-electron chi connectivity index (χ4n) is 6.39. The summed E-state index contributed by atoms with van der Waals surface area (Å²) in [6.07, 6.45) is 4.64. The molecule has 46 heavy (non-hydrogen) atoms. The van der Waals surface area contributed by atoms with Crippen LogP contribution in [-0.4, -0.2) is 77.1 Å². The van der Waals surface area contributed by atoms with Gasteiger partial charge in [0.15, 0.2) is 0 Å². The molecule has 0 bridgehead atoms. The molecule has 2 aliphatic heterocycles. The van der Waals surface area contributed by atoms with E-state index >= 15 is 0 Å². The van der Waals surface area contributed by atoms with Gasteiger partial charge in [0.1, 0.15) is 31.3 Å². The third-order valence-corrected chi connectivity index (χ3v) is 8.76. The second-order valence-electron chi connectivity index (χ2n) is 11.9. The average Bonchev–Trinajstić information content (AvgIpc) is 3.68. The summed E-state index contributed by atoms with van der Waals surface area (Å²) in [4.78, 5) is 73.4. The summed E-state index contributed by atoms with van der Waals surface area (Å²) in [5.41, 5.74) is 2.38. The van der Waals surface area contributed by atoms with Gasteiger partial charge in [0.25, 0.3) is 0 Å². The number of unbranched alkanes of at least 4 members (excludes halogenated alkanes) is 2. The van der Waals surface area contributed by atoms with Crippen LogP contribution in [0, 0.1) is 0 Å². The van der Waals surface area contributed by atoms with E-state index in [1.165, 1.54) is 12.0 Å². The second-order valence-corrected chi connectivity index (χ2v) is 11.9. The smallest absolute Gasteiger partial charge is 0.246 e. The highest BCUT2D eigenvalue weighted by Gasteiger charge is 2.40. The van der Waals surface area contributed by atoms with Gasteiger partial charge in [0, 0.05) is 36.9 Å². The van der Waals surface area contributed by atoms with Gasteiger partial charge in [-0.15, -0.1) is 0 Å². The maximum atomic E-state index is 14.1. The van der Waals surface area contributed by atoms with Crippen molar-refractivity contribution < 1.29 is 33.9 Å². The third kappa shape index (κ3) is 7.67. The number of aliphatic carboxylic acids is 1. The molecule has 1 aromatic heterocycles. The molecule has 0 spiro atoms. The zero-order valence-corrected chi connectivity index (χ0v) is 25.9. The largest absolute Gasteiger partial charge is 0.550 e. The summed E-state index contributed by atoms with van der Waals surface area (Å²) in [6.45, 7) is 0.359. The molecule has 2 saturated heterocycles. The molecule has 0 saturated carbocycles. The molecule has 3 N–H and O–H groups in total. The van der Waals surface area contributed by atoms with Crippen LogP contribution in [0.4, 0.5) is 0 Å². The molecule has 2 aromatic carbocycles. The minimum atomic E-state index is -1.14. The molecule has 5 rings (SSSR count). The number of amides is 4. The van der Waals surface area contributed by atoms with Crippen LogP contribution in [-0.2, 0) is 36.8 Å². The molecular formula is C34H40N5O7-. The first-order valence-electron chi connectivity index (χ1n) is 15.8. The number of fused-ring (bicyclic) bond motifs is 2. The van der Waals surface area contributed by atoms with Crippen molar-refractivity contribution in [3.8, 4) is 0 Å². The minimum absolute atomic E-state index is 0.0934. The van der Waals surface area contributed by atoms with Gasteiger partial charge >= 0.3 is 0 Å². The lowest BCUT2D eigenvalue weighted by Crippen LogP contribution is -2.61. The second kappa shape index (κ2) is 14.9. The molecule has 0 radical (unpaired) electrons. The van der Waals surface area contributed by atoms with Gasteiger partial charge in [-0.05, 0) is 49.3 Å². The van der Waals surface area contributed by atoms with Gasteiger partial charge in [-0.1, -0.05) is 61.4 Å². The quantitative estimate of drug-likeness (QED) is 0.262. The molecule has 3 heterocycles. The van der Waals surface area contributed by atoms with Gasteiger partial charge in [-0.3, -0.25) is 19.2 Å². The SMILES string of the molecule is COn1cc(C[C@@H]2NC(=O)[C@H](CCCCCC(=O)[O-])NC(=O)[C@H]3CCCN3C(=O)[C@H](Cc3ccccc3)NC2=O)c2ccccc21. The van der Waals surface area contributed by atoms with Crippen molar-refractivity contribution in [1.29, 1.82) is 0 Å². The Balaban J connectivity index is 1.47. The summed E-state index contributed by atoms with van der Waals surface area (Å²) in [6, 6.07) is 13.1. The summed E-state index contributed by atoms with van der Waals surface area (Å²) < 4.78 is 1.59. The van der Waals surface area contributed by atoms with Crippen LogP contribution in [0.1, 0.15) is 56.1 Å². The Kier molecular flexibility index (Phi) is 10.6. The van der Waals surface area contributed by atoms with E-state index in [2.05, 4.69) is 16.0 Å². The highest BCUT2D eigenvalue weighted by atomic mass is 16.6. The van der Waals surface area contributed by atoms with Crippen LogP contribution in [0.2, 0.25) is 0 Å². The topological polar surface area (TPSA) is 162 Å². The highest BCUT2D eigenvalue weighted by molar-refractivity contribution is 5.98. The molecule has 4 amide bonds. The average molecular weight is 631 g/mol. The van der Waals surface area contributed by atoms with Crippen molar-refractivity contribution >= 4 is 40.5 Å². The van der Waals surface area contributed by atoms with E-state index in [9.17, 15) is 29.1 Å². The van der Waals surface area contributed by atoms with Crippen LogP contribution >= 0.6 is 0 Å². The predicted octanol–water partition coefficient (Wildman–Crippen LogP) is 0.644. The van der Waals surface area contributed by atoms with E-state index in [1.54, 1.807) is 10.9 Å². The molecule has 3 aromatic rings. The number of hydrogen-bond acceptors (Lipinski definition) is 7. The van der Waals surface area contributed by atoms with Crippen molar-refractivity contribution in [2.75, 3.05) is 13.7 Å². The molecule has 0 unspecified atom stereocenters. The molecule has 4 atom stereocenters. The Morgan fingerprint density at radius 2 is 1.54 bits per heavy atom. The van der Waals surface area contributed by atoms with Crippen LogP contribution in [0.25, 0.3) is 10.9 Å². The summed E-state index contributed by atoms with van der Waals surface area (Å²) in [5.74, 6) is -2.97. The minimum Gasteiger partial charge on any atom is -0.550 e. The lowest BCUT2D eigenvalue weighted by Gasteiger charge is -2.32. The number of nitrogens with one attached hydrogen (secondary N) is 3. The number of nitrogens with zero attached hydrogens (tertiary/aromatic N) is 2. The maximum absolute atomic E-state index is 14.1. The Hall–Kier alpha value is -4.87. The summed E-state index contributed by atoms with van der Waals surface area (Å²) in [7, 11) is 1.53. The number of carboxylic acids is 1. The van der Waals surface area contributed by atoms with Crippen LogP contribution in [0.3, 0.4) is 0 Å². The Bertz CT molecular complexity index is 1570.